The molecule has 1 aliphatic rings. The fourth-order valence-electron chi connectivity index (χ4n) is 3.64. The van der Waals surface area contributed by atoms with Gasteiger partial charge < -0.3 is 4.98 Å². The van der Waals surface area contributed by atoms with Crippen LogP contribution in [0.1, 0.15) is 29.5 Å². The summed E-state index contributed by atoms with van der Waals surface area (Å²) in [5, 5.41) is 1.80. The van der Waals surface area contributed by atoms with Crippen molar-refractivity contribution in [3.8, 4) is 0 Å². The molecule has 1 fully saturated rings. The molecular formula is C20H21ClN2O2S. The van der Waals surface area contributed by atoms with Gasteiger partial charge >= 0.3 is 0 Å². The highest BCUT2D eigenvalue weighted by Gasteiger charge is 2.46. The first-order valence-corrected chi connectivity index (χ1v) is 10.5. The van der Waals surface area contributed by atoms with Crippen molar-refractivity contribution in [3.05, 3.63) is 64.3 Å². The number of aromatic nitrogens is 1. The molecule has 4 nitrogen and oxygen atoms in total. The van der Waals surface area contributed by atoms with Crippen LogP contribution in [0.25, 0.3) is 10.9 Å². The van der Waals surface area contributed by atoms with Crippen molar-refractivity contribution < 1.29 is 8.42 Å². The summed E-state index contributed by atoms with van der Waals surface area (Å²) < 4.78 is 28.4. The fraction of sp³-hybridized carbons (Fsp3) is 0.300. The van der Waals surface area contributed by atoms with Gasteiger partial charge in [0.05, 0.1) is 4.90 Å². The SMILES string of the molecule is Cc1ccc(S(=O)(=O)NCC2(c3c[nH]c4cc(Cl)ccc34)CC2)c(C)c1. The third-order valence-corrected chi connectivity index (χ3v) is 7.09. The third kappa shape index (κ3) is 3.04. The van der Waals surface area contributed by atoms with E-state index in [1.54, 1.807) is 6.07 Å². The average Bonchev–Trinajstić information content (AvgIpc) is 3.25. The summed E-state index contributed by atoms with van der Waals surface area (Å²) >= 11 is 6.06. The van der Waals surface area contributed by atoms with Crippen LogP contribution < -0.4 is 4.72 Å². The number of nitrogens with one attached hydrogen (secondary N) is 2. The topological polar surface area (TPSA) is 62.0 Å². The summed E-state index contributed by atoms with van der Waals surface area (Å²) in [6.07, 6.45) is 3.93. The van der Waals surface area contributed by atoms with E-state index in [1.165, 1.54) is 0 Å². The van der Waals surface area contributed by atoms with Crippen LogP contribution in [0.4, 0.5) is 0 Å². The molecule has 6 heteroatoms. The van der Waals surface area contributed by atoms with Gasteiger partial charge in [-0.2, -0.15) is 0 Å². The van der Waals surface area contributed by atoms with E-state index in [0.717, 1.165) is 40.4 Å². The lowest BCUT2D eigenvalue weighted by Gasteiger charge is -2.17. The first-order valence-electron chi connectivity index (χ1n) is 8.65. The van der Waals surface area contributed by atoms with Crippen LogP contribution in [0, 0.1) is 13.8 Å². The quantitative estimate of drug-likeness (QED) is 0.678. The smallest absolute Gasteiger partial charge is 0.240 e. The van der Waals surface area contributed by atoms with E-state index >= 15 is 0 Å². The summed E-state index contributed by atoms with van der Waals surface area (Å²) in [6.45, 7) is 4.19. The van der Waals surface area contributed by atoms with Crippen LogP contribution in [0.15, 0.2) is 47.5 Å². The molecule has 0 saturated heterocycles. The zero-order valence-corrected chi connectivity index (χ0v) is 16.3. The van der Waals surface area contributed by atoms with Gasteiger partial charge in [0.25, 0.3) is 0 Å². The monoisotopic (exact) mass is 388 g/mol. The minimum atomic E-state index is -3.53. The zero-order chi connectivity index (χ0) is 18.5. The Morgan fingerprint density at radius 1 is 1.15 bits per heavy atom. The van der Waals surface area contributed by atoms with Crippen LogP contribution in [0.3, 0.4) is 0 Å². The number of H-pyrrole nitrogens is 1. The Kier molecular flexibility index (Phi) is 4.14. The summed E-state index contributed by atoms with van der Waals surface area (Å²) in [5.74, 6) is 0. The van der Waals surface area contributed by atoms with Crippen molar-refractivity contribution in [1.29, 1.82) is 0 Å². The summed E-state index contributed by atoms with van der Waals surface area (Å²) in [5.41, 5.74) is 3.82. The predicted molar refractivity (Wildman–Crippen MR) is 105 cm³/mol. The summed E-state index contributed by atoms with van der Waals surface area (Å²) in [7, 11) is -3.53. The van der Waals surface area contributed by atoms with E-state index in [-0.39, 0.29) is 5.41 Å². The van der Waals surface area contributed by atoms with E-state index in [2.05, 4.69) is 9.71 Å². The molecule has 0 aliphatic heterocycles. The minimum Gasteiger partial charge on any atom is -0.361 e. The van der Waals surface area contributed by atoms with Crippen molar-refractivity contribution in [2.75, 3.05) is 6.54 Å². The number of aromatic amines is 1. The van der Waals surface area contributed by atoms with Crippen LogP contribution in [-0.4, -0.2) is 19.9 Å². The lowest BCUT2D eigenvalue weighted by Crippen LogP contribution is -2.32. The molecule has 0 atom stereocenters. The summed E-state index contributed by atoms with van der Waals surface area (Å²) in [6, 6.07) is 11.2. The normalized spacial score (nSPS) is 16.1. The van der Waals surface area contributed by atoms with Gasteiger partial charge in [0.2, 0.25) is 10.0 Å². The molecule has 0 spiro atoms. The maximum absolute atomic E-state index is 12.8. The largest absolute Gasteiger partial charge is 0.361 e. The van der Waals surface area contributed by atoms with Crippen molar-refractivity contribution in [1.82, 2.24) is 9.71 Å². The molecule has 2 N–H and O–H groups in total. The Morgan fingerprint density at radius 2 is 1.92 bits per heavy atom. The van der Waals surface area contributed by atoms with Gasteiger partial charge in [0.1, 0.15) is 0 Å². The van der Waals surface area contributed by atoms with Gasteiger partial charge in [-0.25, -0.2) is 13.1 Å². The number of benzene rings is 2. The molecule has 136 valence electrons. The van der Waals surface area contributed by atoms with Crippen molar-refractivity contribution in [2.45, 2.75) is 37.0 Å². The molecule has 0 unspecified atom stereocenters. The predicted octanol–water partition coefficient (Wildman–Crippen LogP) is 4.45. The van der Waals surface area contributed by atoms with Gasteiger partial charge in [0.15, 0.2) is 0 Å². The van der Waals surface area contributed by atoms with E-state index in [9.17, 15) is 8.42 Å². The van der Waals surface area contributed by atoms with Crippen LogP contribution >= 0.6 is 11.6 Å². The van der Waals surface area contributed by atoms with Crippen molar-refractivity contribution in [3.63, 3.8) is 0 Å². The Morgan fingerprint density at radius 3 is 2.62 bits per heavy atom. The Bertz CT molecular complexity index is 1100. The molecule has 2 aromatic carbocycles. The van der Waals surface area contributed by atoms with Crippen molar-refractivity contribution in [2.24, 2.45) is 0 Å². The van der Waals surface area contributed by atoms with Crippen molar-refractivity contribution >= 4 is 32.5 Å². The molecule has 0 radical (unpaired) electrons. The Hall–Kier alpha value is -1.82. The highest BCUT2D eigenvalue weighted by molar-refractivity contribution is 7.89. The maximum Gasteiger partial charge on any atom is 0.240 e. The number of aryl methyl sites for hydroxylation is 2. The molecule has 1 heterocycles. The molecule has 3 aromatic rings. The highest BCUT2D eigenvalue weighted by Crippen LogP contribution is 2.50. The molecule has 4 rings (SSSR count). The lowest BCUT2D eigenvalue weighted by atomic mass is 9.96. The number of fused-ring (bicyclic) bond motifs is 1. The van der Waals surface area contributed by atoms with E-state index in [4.69, 9.17) is 11.6 Å². The molecule has 1 saturated carbocycles. The average molecular weight is 389 g/mol. The molecule has 1 aliphatic carbocycles. The zero-order valence-electron chi connectivity index (χ0n) is 14.8. The number of hydrogen-bond donors (Lipinski definition) is 2. The third-order valence-electron chi connectivity index (χ3n) is 5.29. The lowest BCUT2D eigenvalue weighted by molar-refractivity contribution is 0.567. The number of halogens is 1. The maximum atomic E-state index is 12.8. The molecule has 0 amide bonds. The first-order chi connectivity index (χ1) is 12.3. The number of sulfonamides is 1. The van der Waals surface area contributed by atoms with Gasteiger partial charge in [0, 0.05) is 34.1 Å². The van der Waals surface area contributed by atoms with E-state index < -0.39 is 10.0 Å². The van der Waals surface area contributed by atoms with Gasteiger partial charge in [-0.1, -0.05) is 35.4 Å². The number of hydrogen-bond acceptors (Lipinski definition) is 2. The number of rotatable bonds is 5. The Labute approximate surface area is 158 Å². The molecule has 0 bridgehead atoms. The van der Waals surface area contributed by atoms with Gasteiger partial charge in [-0.3, -0.25) is 0 Å². The second-order valence-electron chi connectivity index (χ2n) is 7.27. The van der Waals surface area contributed by atoms with Crippen LogP contribution in [0.2, 0.25) is 5.02 Å². The first kappa shape index (κ1) is 17.6. The Balaban J connectivity index is 1.60. The molecular weight excluding hydrogens is 368 g/mol. The fourth-order valence-corrected chi connectivity index (χ4v) is 5.17. The summed E-state index contributed by atoms with van der Waals surface area (Å²) in [4.78, 5) is 3.61. The van der Waals surface area contributed by atoms with E-state index in [0.29, 0.717) is 16.5 Å². The second kappa shape index (κ2) is 6.12. The standard InChI is InChI=1S/C20H21ClN2O2S/c1-13-3-6-19(14(2)9-13)26(24,25)23-12-20(7-8-20)17-11-22-18-10-15(21)4-5-16(17)18/h3-6,9-11,22-23H,7-8,12H2,1-2H3. The minimum absolute atomic E-state index is 0.141. The molecule has 26 heavy (non-hydrogen) atoms. The van der Waals surface area contributed by atoms with Gasteiger partial charge in [-0.05, 0) is 56.0 Å². The highest BCUT2D eigenvalue weighted by atomic mass is 35.5. The second-order valence-corrected chi connectivity index (χ2v) is 9.44. The van der Waals surface area contributed by atoms with Crippen LogP contribution in [0.5, 0.6) is 0 Å². The van der Waals surface area contributed by atoms with Crippen LogP contribution in [-0.2, 0) is 15.4 Å². The van der Waals surface area contributed by atoms with Gasteiger partial charge in [-0.15, -0.1) is 0 Å². The molecule has 1 aromatic heterocycles. The van der Waals surface area contributed by atoms with E-state index in [1.807, 2.05) is 50.4 Å².